The Morgan fingerprint density at radius 3 is 1.19 bits per heavy atom. The van der Waals surface area contributed by atoms with Crippen LogP contribution in [0.1, 0.15) is 160 Å². The van der Waals surface area contributed by atoms with Crippen LogP contribution in [0.4, 0.5) is 62.9 Å². The highest BCUT2D eigenvalue weighted by Crippen LogP contribution is 2.34. The number of nitrogens with one attached hydrogen (secondary N) is 11. The van der Waals surface area contributed by atoms with Crippen molar-refractivity contribution in [2.75, 3.05) is 45.1 Å². The number of anilines is 6. The number of carboxylic acid groups (broad SMARTS) is 1. The Kier molecular flexibility index (Phi) is 23.2. The van der Waals surface area contributed by atoms with Gasteiger partial charge in [0.15, 0.2) is 0 Å². The molecular formula is C62H78N12O12. The average molecular weight is 1180 g/mol. The van der Waals surface area contributed by atoms with Crippen molar-refractivity contribution in [3.8, 4) is 0 Å². The summed E-state index contributed by atoms with van der Waals surface area (Å²) in [6, 6.07) is 8.01. The fourth-order valence-electron chi connectivity index (χ4n) is 11.1. The number of fused-ring (bicyclic) bond motifs is 6. The van der Waals surface area contributed by atoms with Crippen molar-refractivity contribution in [2.24, 2.45) is 5.73 Å². The number of urea groups is 6. The number of nitrogens with two attached hydrogens (primary N) is 1. The third kappa shape index (κ3) is 15.9. The molecule has 24 heteroatoms. The van der Waals surface area contributed by atoms with Crippen molar-refractivity contribution in [1.82, 2.24) is 26.6 Å². The lowest BCUT2D eigenvalue weighted by atomic mass is 9.82. The molecule has 0 saturated heterocycles. The molecule has 5 aromatic rings. The summed E-state index contributed by atoms with van der Waals surface area (Å²) in [5.74, 6) is -2.58. The van der Waals surface area contributed by atoms with Crippen LogP contribution in [-0.4, -0.2) is 72.4 Å². The number of hydrogen-bond donors (Lipinski definition) is 13. The molecular weight excluding hydrogens is 1100 g/mol. The van der Waals surface area contributed by atoms with Crippen molar-refractivity contribution in [3.63, 3.8) is 0 Å². The van der Waals surface area contributed by atoms with Crippen molar-refractivity contribution in [3.05, 3.63) is 138 Å². The highest BCUT2D eigenvalue weighted by molar-refractivity contribution is 6.04. The summed E-state index contributed by atoms with van der Waals surface area (Å²) in [5.41, 5.74) is 16.1. The minimum Gasteiger partial charge on any atom is -0.478 e. The number of amides is 12. The molecule has 0 aromatic heterocycles. The molecule has 14 N–H and O–H groups in total. The lowest BCUT2D eigenvalue weighted by molar-refractivity contribution is 0.0517. The van der Waals surface area contributed by atoms with Crippen LogP contribution < -0.4 is 64.2 Å². The van der Waals surface area contributed by atoms with Crippen LogP contribution in [0.3, 0.4) is 0 Å². The number of carbonyl (C=O) groups excluding carboxylic acids is 8. The molecule has 6 rings (SSSR count). The van der Waals surface area contributed by atoms with E-state index in [0.717, 1.165) is 50.1 Å². The third-order valence-corrected chi connectivity index (χ3v) is 14.8. The van der Waals surface area contributed by atoms with E-state index in [2.05, 4.69) is 58.5 Å². The molecule has 86 heavy (non-hydrogen) atoms. The van der Waals surface area contributed by atoms with Crippen LogP contribution in [0.25, 0.3) is 0 Å². The molecule has 5 aromatic carbocycles. The maximum atomic E-state index is 14.3. The monoisotopic (exact) mass is 1180 g/mol. The van der Waals surface area contributed by atoms with Crippen LogP contribution in [0.15, 0.2) is 54.6 Å². The number of benzene rings is 5. The second-order valence-electron chi connectivity index (χ2n) is 19.8. The summed E-state index contributed by atoms with van der Waals surface area (Å²) < 4.78 is 10.4. The second kappa shape index (κ2) is 30.6. The first-order valence-corrected chi connectivity index (χ1v) is 28.9. The summed E-state index contributed by atoms with van der Waals surface area (Å²) in [7, 11) is 0. The Labute approximate surface area is 499 Å². The van der Waals surface area contributed by atoms with E-state index in [1.807, 2.05) is 48.5 Å². The predicted octanol–water partition coefficient (Wildman–Crippen LogP) is 10.1. The molecule has 458 valence electrons. The highest BCUT2D eigenvalue weighted by Gasteiger charge is 2.26. The molecule has 0 unspecified atom stereocenters. The largest absolute Gasteiger partial charge is 0.478 e. The SMILES string of the molecule is CCOC(=O)c1ccc(NC(=O)NCc2c(CC)c3c(CC)c(c2CC)CNC(=O)Nc2ccc(C(=O)OCC)cc2NC(=O)NCc2c(CC)c(CC)c(CC)c(c2CC)CNC(=O)Nc2cc(C(=O)O)ccc2NC(=O)NC3)c(NC(N)=O)c1. The van der Waals surface area contributed by atoms with Gasteiger partial charge in [0, 0.05) is 32.7 Å². The minimum absolute atomic E-state index is 0.00520. The topological polar surface area (TPSA) is 351 Å². The lowest BCUT2D eigenvalue weighted by Crippen LogP contribution is -2.34. The quantitative estimate of drug-likeness (QED) is 0.0410. The average Bonchev–Trinajstić information content (AvgIpc) is 1.12. The Morgan fingerprint density at radius 1 is 0.442 bits per heavy atom. The molecule has 0 spiro atoms. The maximum absolute atomic E-state index is 14.3. The zero-order chi connectivity index (χ0) is 62.8. The minimum atomic E-state index is -1.27. The molecule has 0 fully saturated rings. The van der Waals surface area contributed by atoms with Gasteiger partial charge in [-0.2, -0.15) is 0 Å². The van der Waals surface area contributed by atoms with E-state index in [-0.39, 0.29) is 96.8 Å². The van der Waals surface area contributed by atoms with Gasteiger partial charge < -0.3 is 78.8 Å². The fourth-order valence-corrected chi connectivity index (χ4v) is 11.1. The molecule has 24 nitrogen and oxygen atoms in total. The van der Waals surface area contributed by atoms with Crippen LogP contribution >= 0.6 is 0 Å². The van der Waals surface area contributed by atoms with E-state index in [1.54, 1.807) is 13.8 Å². The van der Waals surface area contributed by atoms with E-state index in [0.29, 0.717) is 61.6 Å². The van der Waals surface area contributed by atoms with Crippen molar-refractivity contribution in [1.29, 1.82) is 0 Å². The molecule has 0 saturated carbocycles. The van der Waals surface area contributed by atoms with Gasteiger partial charge in [0.1, 0.15) is 0 Å². The molecule has 0 atom stereocenters. The standard InChI is InChI=1S/C62H78N12O12/c1-10-36-37(11-2)43-28-67-61(83)73-52-25-33(54(75)76)19-22-49(52)71-59(81)65-31-46-40(14-5)45(30-64-58(80)70-48-23-20-34(55(77)85-17-8)26-51(48)69-57(63)79)41(15-6)47(42(46)16-7)32-66-60(82)72-50-24-21-35(56(78)86-18-9)27-53(50)74-62(84)68-29-44(38(36)12-3)39(43)13-4/h19-27H,10-18,28-32H2,1-9H3,(H,75,76)(H3,63,69,79)(H2,64,70,80)(H2,65,71,81)(H2,66,72,82)(H2,67,73,83)(H2,68,74,84). The van der Waals surface area contributed by atoms with Gasteiger partial charge in [-0.3, -0.25) is 0 Å². The zero-order valence-electron chi connectivity index (χ0n) is 50.1. The number of carboxylic acids is 1. The number of carbonyl (C=O) groups is 9. The van der Waals surface area contributed by atoms with E-state index in [1.165, 1.54) is 54.6 Å². The molecule has 1 heterocycles. The number of esters is 2. The van der Waals surface area contributed by atoms with Crippen molar-refractivity contribution >= 4 is 88.2 Å². The van der Waals surface area contributed by atoms with Crippen LogP contribution in [0.5, 0.6) is 0 Å². The van der Waals surface area contributed by atoms with Gasteiger partial charge in [-0.1, -0.05) is 48.5 Å². The Hall–Kier alpha value is -9.87. The lowest BCUT2D eigenvalue weighted by Gasteiger charge is -2.27. The summed E-state index contributed by atoms with van der Waals surface area (Å²) >= 11 is 0. The molecule has 0 aliphatic carbocycles. The summed E-state index contributed by atoms with van der Waals surface area (Å²) in [5, 5.41) is 41.2. The Balaban J connectivity index is 1.46. The van der Waals surface area contributed by atoms with Crippen molar-refractivity contribution in [2.45, 2.75) is 140 Å². The van der Waals surface area contributed by atoms with Gasteiger partial charge in [-0.05, 0) is 180 Å². The van der Waals surface area contributed by atoms with E-state index < -0.39 is 54.1 Å². The first-order valence-electron chi connectivity index (χ1n) is 28.9. The van der Waals surface area contributed by atoms with Crippen LogP contribution in [0.2, 0.25) is 0 Å². The first-order chi connectivity index (χ1) is 41.3. The van der Waals surface area contributed by atoms with E-state index >= 15 is 0 Å². The van der Waals surface area contributed by atoms with Gasteiger partial charge in [0.2, 0.25) is 0 Å². The Bertz CT molecular complexity index is 3440. The molecule has 1 aliphatic rings. The van der Waals surface area contributed by atoms with Crippen molar-refractivity contribution < 1.29 is 57.7 Å². The number of rotatable bonds is 16. The summed E-state index contributed by atoms with van der Waals surface area (Å²) in [4.78, 5) is 120. The summed E-state index contributed by atoms with van der Waals surface area (Å²) in [6.07, 6.45) is 3.68. The number of hydrogen-bond acceptors (Lipinski definition) is 11. The Morgan fingerprint density at radius 2 is 0.802 bits per heavy atom. The zero-order valence-corrected chi connectivity index (χ0v) is 50.1. The number of primary amides is 1. The molecule has 1 aliphatic heterocycles. The number of aromatic carboxylic acids is 1. The molecule has 12 amide bonds. The van der Waals surface area contributed by atoms with Gasteiger partial charge >= 0.3 is 54.1 Å². The van der Waals surface area contributed by atoms with Gasteiger partial charge in [-0.25, -0.2) is 43.2 Å². The number of ether oxygens (including phenoxy) is 2. The van der Waals surface area contributed by atoms with E-state index in [9.17, 15) is 48.3 Å². The van der Waals surface area contributed by atoms with Crippen LogP contribution in [0, 0.1) is 0 Å². The smallest absolute Gasteiger partial charge is 0.338 e. The molecule has 0 radical (unpaired) electrons. The van der Waals surface area contributed by atoms with Gasteiger partial charge in [0.25, 0.3) is 0 Å². The normalized spacial score (nSPS) is 13.0. The van der Waals surface area contributed by atoms with E-state index in [4.69, 9.17) is 15.2 Å². The summed E-state index contributed by atoms with van der Waals surface area (Å²) in [6.45, 7) is 17.2. The van der Waals surface area contributed by atoms with Gasteiger partial charge in [-0.15, -0.1) is 0 Å². The van der Waals surface area contributed by atoms with Crippen LogP contribution in [-0.2, 0) is 87.1 Å². The fraction of sp³-hybridized carbons (Fsp3) is 0.371. The molecule has 4 bridgehead atoms. The second-order valence-corrected chi connectivity index (χ2v) is 19.8. The maximum Gasteiger partial charge on any atom is 0.338 e. The third-order valence-electron chi connectivity index (χ3n) is 14.8. The first kappa shape index (κ1) is 65.3. The predicted molar refractivity (Wildman–Crippen MR) is 329 cm³/mol. The van der Waals surface area contributed by atoms with Gasteiger partial charge in [0.05, 0.1) is 64.0 Å². The highest BCUT2D eigenvalue weighted by atomic mass is 16.5.